The molecule has 0 heterocycles. The highest BCUT2D eigenvalue weighted by Gasteiger charge is 2.13. The van der Waals surface area contributed by atoms with E-state index in [0.717, 1.165) is 0 Å². The van der Waals surface area contributed by atoms with Crippen molar-refractivity contribution in [2.24, 2.45) is 5.92 Å². The number of halogens is 1. The van der Waals surface area contributed by atoms with Gasteiger partial charge in [0, 0.05) is 12.1 Å². The zero-order chi connectivity index (χ0) is 15.1. The lowest BCUT2D eigenvalue weighted by atomic mass is 10.1. The van der Waals surface area contributed by atoms with E-state index in [2.05, 4.69) is 16.6 Å². The third-order valence-electron chi connectivity index (χ3n) is 2.75. The monoisotopic (exact) mass is 273 g/mol. The summed E-state index contributed by atoms with van der Waals surface area (Å²) in [5.41, 5.74) is 0.591. The summed E-state index contributed by atoms with van der Waals surface area (Å²) in [6.07, 6.45) is 5.30. The second kappa shape index (κ2) is 7.16. The summed E-state index contributed by atoms with van der Waals surface area (Å²) in [6, 6.07) is 5.04. The highest BCUT2D eigenvalue weighted by molar-refractivity contribution is 5.74. The predicted molar refractivity (Wildman–Crippen MR) is 73.9 cm³/mol. The van der Waals surface area contributed by atoms with E-state index in [1.807, 2.05) is 19.9 Å². The minimum Gasteiger partial charge on any atom is -0.334 e. The standard InChI is InChI=1S/C15H16FN3O/c1-4-14(10(2)3)19-15(20)18-9-12-7-11(8-17)5-6-13(12)16/h1,5-7,10,14H,9H2,2-3H3,(H2,18,19,20)/t14-/m1/s1. The van der Waals surface area contributed by atoms with Crippen molar-refractivity contribution < 1.29 is 9.18 Å². The van der Waals surface area contributed by atoms with Crippen molar-refractivity contribution in [2.75, 3.05) is 0 Å². The molecule has 0 aliphatic rings. The highest BCUT2D eigenvalue weighted by Crippen LogP contribution is 2.09. The van der Waals surface area contributed by atoms with Crippen molar-refractivity contribution in [1.82, 2.24) is 10.6 Å². The maximum Gasteiger partial charge on any atom is 0.316 e. The van der Waals surface area contributed by atoms with Gasteiger partial charge in [-0.3, -0.25) is 0 Å². The molecule has 0 spiro atoms. The van der Waals surface area contributed by atoms with Crippen molar-refractivity contribution in [3.63, 3.8) is 0 Å². The van der Waals surface area contributed by atoms with Crippen LogP contribution in [-0.2, 0) is 6.54 Å². The number of nitrogens with one attached hydrogen (secondary N) is 2. The van der Waals surface area contributed by atoms with Gasteiger partial charge in [-0.15, -0.1) is 6.42 Å². The number of nitrogens with zero attached hydrogens (tertiary/aromatic N) is 1. The maximum absolute atomic E-state index is 13.5. The fourth-order valence-corrected chi connectivity index (χ4v) is 1.55. The molecular formula is C15H16FN3O. The van der Waals surface area contributed by atoms with Crippen molar-refractivity contribution in [1.29, 1.82) is 5.26 Å². The SMILES string of the molecule is C#C[C@@H](NC(=O)NCc1cc(C#N)ccc1F)C(C)C. The molecule has 0 aliphatic carbocycles. The lowest BCUT2D eigenvalue weighted by Gasteiger charge is -2.17. The van der Waals surface area contributed by atoms with E-state index in [-0.39, 0.29) is 24.1 Å². The Morgan fingerprint density at radius 3 is 2.75 bits per heavy atom. The maximum atomic E-state index is 13.5. The van der Waals surface area contributed by atoms with Crippen LogP contribution in [0, 0.1) is 35.4 Å². The van der Waals surface area contributed by atoms with Gasteiger partial charge in [0.25, 0.3) is 0 Å². The van der Waals surface area contributed by atoms with Gasteiger partial charge in [-0.05, 0) is 24.1 Å². The van der Waals surface area contributed by atoms with Gasteiger partial charge in [-0.1, -0.05) is 19.8 Å². The Labute approximate surface area is 118 Å². The van der Waals surface area contributed by atoms with Crippen molar-refractivity contribution in [2.45, 2.75) is 26.4 Å². The number of urea groups is 1. The Balaban J connectivity index is 2.62. The second-order valence-corrected chi connectivity index (χ2v) is 4.63. The van der Waals surface area contributed by atoms with Gasteiger partial charge in [0.1, 0.15) is 5.82 Å². The molecule has 2 N–H and O–H groups in total. The Bertz CT molecular complexity index is 569. The number of benzene rings is 1. The van der Waals surface area contributed by atoms with Crippen LogP contribution in [0.25, 0.3) is 0 Å². The number of hydrogen-bond donors (Lipinski definition) is 2. The van der Waals surface area contributed by atoms with Crippen LogP contribution in [-0.4, -0.2) is 12.1 Å². The number of carbonyl (C=O) groups is 1. The topological polar surface area (TPSA) is 64.9 Å². The number of nitriles is 1. The lowest BCUT2D eigenvalue weighted by molar-refractivity contribution is 0.236. The Kier molecular flexibility index (Phi) is 5.56. The van der Waals surface area contributed by atoms with Gasteiger partial charge in [-0.2, -0.15) is 5.26 Å². The molecule has 1 aromatic rings. The summed E-state index contributed by atoms with van der Waals surface area (Å²) >= 11 is 0. The number of amides is 2. The number of carbonyl (C=O) groups excluding carboxylic acids is 1. The molecule has 4 nitrogen and oxygen atoms in total. The molecule has 0 aromatic heterocycles. The van der Waals surface area contributed by atoms with Crippen LogP contribution >= 0.6 is 0 Å². The summed E-state index contributed by atoms with van der Waals surface area (Å²) < 4.78 is 13.5. The van der Waals surface area contributed by atoms with Crippen LogP contribution in [0.3, 0.4) is 0 Å². The minimum atomic E-state index is -0.471. The van der Waals surface area contributed by atoms with Crippen molar-refractivity contribution in [3.8, 4) is 18.4 Å². The van der Waals surface area contributed by atoms with Gasteiger partial charge in [-0.25, -0.2) is 9.18 Å². The van der Waals surface area contributed by atoms with Crippen LogP contribution in [0.4, 0.5) is 9.18 Å². The van der Waals surface area contributed by atoms with Crippen molar-refractivity contribution in [3.05, 3.63) is 35.1 Å². The first-order valence-corrected chi connectivity index (χ1v) is 6.17. The van der Waals surface area contributed by atoms with E-state index in [9.17, 15) is 9.18 Å². The van der Waals surface area contributed by atoms with Gasteiger partial charge in [0.05, 0.1) is 17.7 Å². The zero-order valence-electron chi connectivity index (χ0n) is 11.4. The quantitative estimate of drug-likeness (QED) is 0.826. The normalized spacial score (nSPS) is 11.3. The van der Waals surface area contributed by atoms with Crippen LogP contribution in [0.1, 0.15) is 25.0 Å². The van der Waals surface area contributed by atoms with E-state index in [1.54, 1.807) is 0 Å². The van der Waals surface area contributed by atoms with Crippen molar-refractivity contribution >= 4 is 6.03 Å². The van der Waals surface area contributed by atoms with Crippen LogP contribution in [0.5, 0.6) is 0 Å². The summed E-state index contributed by atoms with van der Waals surface area (Å²) in [6.45, 7) is 3.77. The third-order valence-corrected chi connectivity index (χ3v) is 2.75. The number of rotatable bonds is 4. The highest BCUT2D eigenvalue weighted by atomic mass is 19.1. The molecule has 20 heavy (non-hydrogen) atoms. The van der Waals surface area contributed by atoms with E-state index in [1.165, 1.54) is 18.2 Å². The summed E-state index contributed by atoms with van der Waals surface area (Å²) in [5, 5.41) is 13.9. The Hall–Kier alpha value is -2.53. The Morgan fingerprint density at radius 1 is 1.50 bits per heavy atom. The van der Waals surface area contributed by atoms with Crippen LogP contribution in [0.15, 0.2) is 18.2 Å². The number of terminal acetylenes is 1. The summed E-state index contributed by atoms with van der Waals surface area (Å²) in [7, 11) is 0. The lowest BCUT2D eigenvalue weighted by Crippen LogP contribution is -2.43. The molecule has 5 heteroatoms. The average molecular weight is 273 g/mol. The van der Waals surface area contributed by atoms with Gasteiger partial charge in [0.15, 0.2) is 0 Å². The fraction of sp³-hybridized carbons (Fsp3) is 0.333. The molecule has 0 radical (unpaired) electrons. The molecule has 0 unspecified atom stereocenters. The molecule has 2 amide bonds. The zero-order valence-corrected chi connectivity index (χ0v) is 11.4. The van der Waals surface area contributed by atoms with E-state index >= 15 is 0 Å². The molecule has 0 fully saturated rings. The Morgan fingerprint density at radius 2 is 2.20 bits per heavy atom. The van der Waals surface area contributed by atoms with Crippen LogP contribution < -0.4 is 10.6 Å². The van der Waals surface area contributed by atoms with E-state index in [0.29, 0.717) is 5.56 Å². The average Bonchev–Trinajstić information content (AvgIpc) is 2.43. The minimum absolute atomic E-state index is 0.0113. The third kappa shape index (κ3) is 4.29. The largest absolute Gasteiger partial charge is 0.334 e. The summed E-state index contributed by atoms with van der Waals surface area (Å²) in [4.78, 5) is 11.7. The van der Waals surface area contributed by atoms with Gasteiger partial charge in [0.2, 0.25) is 0 Å². The van der Waals surface area contributed by atoms with Gasteiger partial charge >= 0.3 is 6.03 Å². The molecule has 1 aromatic carbocycles. The number of hydrogen-bond acceptors (Lipinski definition) is 2. The molecule has 1 rings (SSSR count). The predicted octanol–water partition coefficient (Wildman–Crippen LogP) is 2.15. The second-order valence-electron chi connectivity index (χ2n) is 4.63. The van der Waals surface area contributed by atoms with Crippen LogP contribution in [0.2, 0.25) is 0 Å². The summed E-state index contributed by atoms with van der Waals surface area (Å²) in [5.74, 6) is 2.10. The molecule has 104 valence electrons. The molecule has 0 saturated heterocycles. The van der Waals surface area contributed by atoms with E-state index < -0.39 is 11.8 Å². The van der Waals surface area contributed by atoms with Gasteiger partial charge < -0.3 is 10.6 Å². The first kappa shape index (κ1) is 15.5. The smallest absolute Gasteiger partial charge is 0.316 e. The first-order chi connectivity index (χ1) is 9.47. The molecule has 0 aliphatic heterocycles. The molecular weight excluding hydrogens is 257 g/mol. The fourth-order valence-electron chi connectivity index (χ4n) is 1.55. The molecule has 0 saturated carbocycles. The molecule has 0 bridgehead atoms. The first-order valence-electron chi connectivity index (χ1n) is 6.17. The molecule has 1 atom stereocenters. The van der Waals surface area contributed by atoms with E-state index in [4.69, 9.17) is 11.7 Å².